The number of nitrogens with zero attached hydrogens (tertiary/aromatic N) is 3. The summed E-state index contributed by atoms with van der Waals surface area (Å²) in [4.78, 5) is 13.8. The number of aliphatic hydroxyl groups is 1. The largest absolute Gasteiger partial charge is 0.480 e. The fraction of sp³-hybridized carbons (Fsp3) is 0.300. The van der Waals surface area contributed by atoms with Crippen molar-refractivity contribution in [1.82, 2.24) is 0 Å². The number of carboxylic acid groups (broad SMARTS) is 1. The second-order valence-electron chi connectivity index (χ2n) is 3.81. The number of rotatable bonds is 5. The highest BCUT2D eigenvalue weighted by Gasteiger charge is 2.51. The Kier molecular flexibility index (Phi) is 4.15. The smallest absolute Gasteiger partial charge is 0.324 e. The van der Waals surface area contributed by atoms with Gasteiger partial charge in [0.25, 0.3) is 0 Å². The van der Waals surface area contributed by atoms with Gasteiger partial charge in [-0.25, -0.2) is 8.42 Å². The molecular weight excluding hydrogens is 274 g/mol. The summed E-state index contributed by atoms with van der Waals surface area (Å²) in [5, 5.41) is 22.1. The average molecular weight is 285 g/mol. The molecule has 1 aromatic carbocycles. The van der Waals surface area contributed by atoms with Crippen LogP contribution in [-0.4, -0.2) is 36.3 Å². The van der Waals surface area contributed by atoms with Gasteiger partial charge in [-0.05, 0) is 11.1 Å². The first kappa shape index (κ1) is 15.0. The summed E-state index contributed by atoms with van der Waals surface area (Å²) in [6, 6.07) is 6.97. The summed E-state index contributed by atoms with van der Waals surface area (Å²) in [7, 11) is -4.17. The van der Waals surface area contributed by atoms with Crippen LogP contribution < -0.4 is 0 Å². The molecular formula is C10H11N3O5S. The van der Waals surface area contributed by atoms with Crippen molar-refractivity contribution in [3.8, 4) is 0 Å². The third-order valence-electron chi connectivity index (χ3n) is 2.51. The highest BCUT2D eigenvalue weighted by molar-refractivity contribution is 7.91. The maximum atomic E-state index is 11.4. The molecule has 0 radical (unpaired) electrons. The molecule has 0 spiro atoms. The fourth-order valence-corrected chi connectivity index (χ4v) is 2.50. The number of benzene rings is 1. The number of carboxylic acids is 1. The van der Waals surface area contributed by atoms with Gasteiger partial charge in [-0.1, -0.05) is 35.4 Å². The summed E-state index contributed by atoms with van der Waals surface area (Å²) >= 11 is 0. The maximum Gasteiger partial charge on any atom is 0.324 e. The standard InChI is InChI=1S/C10H11N3O5S/c1-19(17,18)9(16)10(8(14)15,12-13-11)7-5-3-2-4-6-7/h2-6,9,16H,1H3,(H,14,15)/t9-,10?/m1/s1. The van der Waals surface area contributed by atoms with E-state index in [1.54, 1.807) is 6.07 Å². The molecule has 0 aliphatic rings. The lowest BCUT2D eigenvalue weighted by molar-refractivity contribution is -0.146. The average Bonchev–Trinajstić information content (AvgIpc) is 2.34. The molecule has 0 bridgehead atoms. The van der Waals surface area contributed by atoms with Crippen molar-refractivity contribution in [1.29, 1.82) is 0 Å². The normalized spacial score (nSPS) is 15.9. The lowest BCUT2D eigenvalue weighted by atomic mass is 9.91. The van der Waals surface area contributed by atoms with Gasteiger partial charge in [-0.15, -0.1) is 0 Å². The van der Waals surface area contributed by atoms with Crippen LogP contribution in [-0.2, 0) is 20.2 Å². The Hall–Kier alpha value is -2.09. The molecule has 0 heterocycles. The predicted octanol–water partition coefficient (Wildman–Crippen LogP) is 0.640. The van der Waals surface area contributed by atoms with Gasteiger partial charge < -0.3 is 10.2 Å². The zero-order valence-corrected chi connectivity index (χ0v) is 10.6. The van der Waals surface area contributed by atoms with E-state index in [0.717, 1.165) is 0 Å². The molecule has 2 atom stereocenters. The molecule has 1 aromatic rings. The molecule has 1 rings (SSSR count). The number of hydrogen-bond donors (Lipinski definition) is 2. The maximum absolute atomic E-state index is 11.4. The van der Waals surface area contributed by atoms with E-state index >= 15 is 0 Å². The number of hydrogen-bond acceptors (Lipinski definition) is 5. The highest BCUT2D eigenvalue weighted by atomic mass is 32.2. The van der Waals surface area contributed by atoms with Gasteiger partial charge in [0.2, 0.25) is 5.54 Å². The summed E-state index contributed by atoms with van der Waals surface area (Å²) in [6.45, 7) is 0. The summed E-state index contributed by atoms with van der Waals surface area (Å²) in [5.74, 6) is -1.76. The molecule has 0 amide bonds. The molecule has 102 valence electrons. The van der Waals surface area contributed by atoms with Crippen LogP contribution in [0.4, 0.5) is 0 Å². The quantitative estimate of drug-likeness (QED) is 0.464. The number of aliphatic hydroxyl groups excluding tert-OH is 1. The number of sulfone groups is 1. The van der Waals surface area contributed by atoms with Gasteiger partial charge >= 0.3 is 5.97 Å². The van der Waals surface area contributed by atoms with E-state index in [9.17, 15) is 23.4 Å². The van der Waals surface area contributed by atoms with E-state index in [2.05, 4.69) is 10.0 Å². The van der Waals surface area contributed by atoms with Crippen molar-refractivity contribution < 1.29 is 23.4 Å². The van der Waals surface area contributed by atoms with Gasteiger partial charge in [0, 0.05) is 11.2 Å². The minimum absolute atomic E-state index is 0.127. The van der Waals surface area contributed by atoms with Gasteiger partial charge in [0.1, 0.15) is 0 Å². The van der Waals surface area contributed by atoms with E-state index in [1.165, 1.54) is 24.3 Å². The van der Waals surface area contributed by atoms with Crippen molar-refractivity contribution in [2.75, 3.05) is 6.26 Å². The first-order valence-electron chi connectivity index (χ1n) is 4.99. The van der Waals surface area contributed by atoms with Crippen LogP contribution in [0.15, 0.2) is 35.4 Å². The number of carbonyl (C=O) groups is 1. The van der Waals surface area contributed by atoms with Crippen molar-refractivity contribution in [3.05, 3.63) is 46.3 Å². The Morgan fingerprint density at radius 2 is 1.95 bits per heavy atom. The summed E-state index contributed by atoms with van der Waals surface area (Å²) in [6.07, 6.45) is 0.658. The monoisotopic (exact) mass is 285 g/mol. The van der Waals surface area contributed by atoms with Crippen LogP contribution in [0.1, 0.15) is 5.56 Å². The zero-order chi connectivity index (χ0) is 14.7. The van der Waals surface area contributed by atoms with Crippen LogP contribution >= 0.6 is 0 Å². The van der Waals surface area contributed by atoms with E-state index in [1.807, 2.05) is 0 Å². The Morgan fingerprint density at radius 3 is 2.32 bits per heavy atom. The third-order valence-corrected chi connectivity index (χ3v) is 3.66. The Morgan fingerprint density at radius 1 is 1.42 bits per heavy atom. The summed E-state index contributed by atoms with van der Waals surface area (Å²) in [5.41, 5.74) is 3.37. The van der Waals surface area contributed by atoms with Crippen molar-refractivity contribution in [2.24, 2.45) is 5.11 Å². The van der Waals surface area contributed by atoms with Gasteiger partial charge in [0.05, 0.1) is 0 Å². The van der Waals surface area contributed by atoms with Gasteiger partial charge in [0.15, 0.2) is 15.3 Å². The molecule has 0 fully saturated rings. The predicted molar refractivity (Wildman–Crippen MR) is 65.8 cm³/mol. The number of aliphatic carboxylic acids is 1. The van der Waals surface area contributed by atoms with Crippen molar-refractivity contribution >= 4 is 15.8 Å². The molecule has 1 unspecified atom stereocenters. The van der Waals surface area contributed by atoms with Crippen LogP contribution in [0.5, 0.6) is 0 Å². The topological polar surface area (TPSA) is 140 Å². The van der Waals surface area contributed by atoms with E-state index < -0.39 is 26.8 Å². The molecule has 19 heavy (non-hydrogen) atoms. The minimum Gasteiger partial charge on any atom is -0.480 e. The lowest BCUT2D eigenvalue weighted by Gasteiger charge is -2.28. The Bertz CT molecular complexity index is 620. The highest BCUT2D eigenvalue weighted by Crippen LogP contribution is 2.33. The molecule has 8 nitrogen and oxygen atoms in total. The SMILES string of the molecule is CS(=O)(=O)[C@@H](O)C(N=[N+]=[N-])(C(=O)O)c1ccccc1. The van der Waals surface area contributed by atoms with Gasteiger partial charge in [-0.3, -0.25) is 4.79 Å². The second kappa shape index (κ2) is 5.27. The van der Waals surface area contributed by atoms with Crippen LogP contribution in [0, 0.1) is 0 Å². The molecule has 0 saturated carbocycles. The Balaban J connectivity index is 3.67. The first-order chi connectivity index (χ1) is 8.76. The second-order valence-corrected chi connectivity index (χ2v) is 5.91. The molecule has 0 aromatic heterocycles. The zero-order valence-electron chi connectivity index (χ0n) is 9.83. The molecule has 0 aliphatic carbocycles. The lowest BCUT2D eigenvalue weighted by Crippen LogP contribution is -2.48. The van der Waals surface area contributed by atoms with E-state index in [0.29, 0.717) is 6.26 Å². The van der Waals surface area contributed by atoms with Crippen LogP contribution in [0.3, 0.4) is 0 Å². The third kappa shape index (κ3) is 2.68. The van der Waals surface area contributed by atoms with Crippen LogP contribution in [0.25, 0.3) is 10.4 Å². The minimum atomic E-state index is -4.17. The number of azide groups is 1. The first-order valence-corrected chi connectivity index (χ1v) is 6.94. The van der Waals surface area contributed by atoms with E-state index in [-0.39, 0.29) is 5.56 Å². The van der Waals surface area contributed by atoms with Crippen LogP contribution in [0.2, 0.25) is 0 Å². The molecule has 0 saturated heterocycles. The Labute approximate surface area is 108 Å². The molecule has 9 heteroatoms. The van der Waals surface area contributed by atoms with E-state index in [4.69, 9.17) is 5.53 Å². The molecule has 0 aliphatic heterocycles. The van der Waals surface area contributed by atoms with Gasteiger partial charge in [-0.2, -0.15) is 0 Å². The fourth-order valence-electron chi connectivity index (χ4n) is 1.59. The molecule has 2 N–H and O–H groups in total. The van der Waals surface area contributed by atoms with Crippen molar-refractivity contribution in [3.63, 3.8) is 0 Å². The van der Waals surface area contributed by atoms with Crippen molar-refractivity contribution in [2.45, 2.75) is 11.0 Å². The summed E-state index contributed by atoms with van der Waals surface area (Å²) < 4.78 is 22.9.